The highest BCUT2D eigenvalue weighted by Crippen LogP contribution is 2.41. The molecule has 1 aliphatic carbocycles. The van der Waals surface area contributed by atoms with E-state index in [1.165, 1.54) is 21.8 Å². The minimum absolute atomic E-state index is 0.0796. The summed E-state index contributed by atoms with van der Waals surface area (Å²) in [5.74, 6) is -0.493. The number of nitrogens with zero attached hydrogens (tertiary/aromatic N) is 2. The second kappa shape index (κ2) is 7.26. The van der Waals surface area contributed by atoms with Crippen LogP contribution in [0.4, 0.5) is 5.69 Å². The number of nitrogens with one attached hydrogen (secondary N) is 1. The molecule has 0 bridgehead atoms. The Bertz CT molecular complexity index is 1130. The molecule has 0 saturated heterocycles. The number of aryl methyl sites for hydroxylation is 2. The third kappa shape index (κ3) is 3.34. The fourth-order valence-electron chi connectivity index (χ4n) is 3.15. The summed E-state index contributed by atoms with van der Waals surface area (Å²) in [4.78, 5) is 31.6. The van der Waals surface area contributed by atoms with Crippen LogP contribution in [-0.4, -0.2) is 15.5 Å². The van der Waals surface area contributed by atoms with Gasteiger partial charge in [-0.25, -0.2) is 4.98 Å². The molecular weight excluding hydrogens is 452 g/mol. The molecule has 0 spiro atoms. The zero-order valence-corrected chi connectivity index (χ0v) is 17.5. The third-order valence-electron chi connectivity index (χ3n) is 4.38. The van der Waals surface area contributed by atoms with E-state index in [2.05, 4.69) is 10.3 Å². The van der Waals surface area contributed by atoms with Crippen LogP contribution in [0.1, 0.15) is 16.9 Å². The lowest BCUT2D eigenvalue weighted by Crippen LogP contribution is -2.28. The van der Waals surface area contributed by atoms with E-state index in [1.807, 2.05) is 0 Å². The van der Waals surface area contributed by atoms with Crippen molar-refractivity contribution in [2.75, 3.05) is 5.32 Å². The molecule has 0 fully saturated rings. The van der Waals surface area contributed by atoms with Gasteiger partial charge in [0, 0.05) is 4.88 Å². The van der Waals surface area contributed by atoms with Gasteiger partial charge in [-0.05, 0) is 30.9 Å². The fraction of sp³-hybridized carbons (Fsp3) is 0.235. The highest BCUT2D eigenvalue weighted by Gasteiger charge is 2.22. The van der Waals surface area contributed by atoms with Crippen LogP contribution in [0.5, 0.6) is 0 Å². The van der Waals surface area contributed by atoms with Crippen molar-refractivity contribution in [3.8, 4) is 0 Å². The first-order valence-corrected chi connectivity index (χ1v) is 10.3. The van der Waals surface area contributed by atoms with Crippen LogP contribution in [0.15, 0.2) is 17.2 Å². The summed E-state index contributed by atoms with van der Waals surface area (Å²) in [5.41, 5.74) is 0.949. The smallest absolute Gasteiger partial charge is 0.262 e. The molecule has 3 aromatic rings. The normalized spacial score (nSPS) is 13.2. The molecule has 1 aromatic carbocycles. The summed E-state index contributed by atoms with van der Waals surface area (Å²) in [6, 6.07) is 1.39. The van der Waals surface area contributed by atoms with Gasteiger partial charge < -0.3 is 5.32 Å². The Morgan fingerprint density at radius 2 is 1.89 bits per heavy atom. The molecule has 0 atom stereocenters. The van der Waals surface area contributed by atoms with Crippen LogP contribution in [0, 0.1) is 0 Å². The van der Waals surface area contributed by atoms with E-state index in [9.17, 15) is 9.59 Å². The van der Waals surface area contributed by atoms with Crippen LogP contribution in [-0.2, 0) is 24.2 Å². The van der Waals surface area contributed by atoms with Gasteiger partial charge in [-0.15, -0.1) is 11.3 Å². The standard InChI is InChI=1S/C17H11Cl4N3O2S/c18-8-4-9(19)14(21)15(13(8)20)23-11(25)5-24-6-22-16-12(17(24)26)7-2-1-3-10(7)27-16/h4,6H,1-3,5H2,(H,23,25). The second-order valence-electron chi connectivity index (χ2n) is 6.11. The maximum absolute atomic E-state index is 12.8. The summed E-state index contributed by atoms with van der Waals surface area (Å²) < 4.78 is 1.27. The average Bonchev–Trinajstić information content (AvgIpc) is 3.20. The number of hydrogen-bond acceptors (Lipinski definition) is 4. The quantitative estimate of drug-likeness (QED) is 0.544. The molecule has 2 heterocycles. The maximum atomic E-state index is 12.8. The van der Waals surface area contributed by atoms with E-state index in [-0.39, 0.29) is 37.9 Å². The van der Waals surface area contributed by atoms with Gasteiger partial charge in [0.25, 0.3) is 5.56 Å². The molecule has 4 rings (SSSR count). The van der Waals surface area contributed by atoms with Crippen molar-refractivity contribution in [3.63, 3.8) is 0 Å². The minimum atomic E-state index is -0.493. The Morgan fingerprint density at radius 1 is 1.19 bits per heavy atom. The summed E-state index contributed by atoms with van der Waals surface area (Å²) in [6.45, 7) is -0.233. The number of aromatic nitrogens is 2. The largest absolute Gasteiger partial charge is 0.322 e. The van der Waals surface area contributed by atoms with Crippen LogP contribution in [0.25, 0.3) is 10.2 Å². The lowest BCUT2D eigenvalue weighted by Gasteiger charge is -2.12. The number of carbonyl (C=O) groups excluding carboxylic acids is 1. The Kier molecular flexibility index (Phi) is 5.12. The molecule has 0 radical (unpaired) electrons. The van der Waals surface area contributed by atoms with Crippen LogP contribution in [0.2, 0.25) is 20.1 Å². The van der Waals surface area contributed by atoms with Gasteiger partial charge in [-0.1, -0.05) is 46.4 Å². The molecule has 5 nitrogen and oxygen atoms in total. The zero-order chi connectivity index (χ0) is 19.3. The summed E-state index contributed by atoms with van der Waals surface area (Å²) in [6.07, 6.45) is 4.26. The van der Waals surface area contributed by atoms with Crippen LogP contribution >= 0.6 is 57.7 Å². The number of rotatable bonds is 3. The maximum Gasteiger partial charge on any atom is 0.262 e. The topological polar surface area (TPSA) is 64.0 Å². The van der Waals surface area contributed by atoms with E-state index in [0.29, 0.717) is 10.2 Å². The molecule has 1 amide bonds. The molecule has 140 valence electrons. The molecule has 27 heavy (non-hydrogen) atoms. The number of benzene rings is 1. The molecule has 1 N–H and O–H groups in total. The van der Waals surface area contributed by atoms with E-state index in [1.54, 1.807) is 11.3 Å². The van der Waals surface area contributed by atoms with E-state index in [4.69, 9.17) is 46.4 Å². The monoisotopic (exact) mass is 461 g/mol. The number of fused-ring (bicyclic) bond motifs is 3. The van der Waals surface area contributed by atoms with Gasteiger partial charge in [0.2, 0.25) is 5.91 Å². The van der Waals surface area contributed by atoms with Crippen molar-refractivity contribution >= 4 is 79.6 Å². The van der Waals surface area contributed by atoms with Gasteiger partial charge in [-0.3, -0.25) is 14.2 Å². The highest BCUT2D eigenvalue weighted by molar-refractivity contribution is 7.18. The lowest BCUT2D eigenvalue weighted by atomic mass is 10.2. The highest BCUT2D eigenvalue weighted by atomic mass is 35.5. The molecule has 0 saturated carbocycles. The molecule has 10 heteroatoms. The number of anilines is 1. The molecule has 2 aromatic heterocycles. The number of amides is 1. The summed E-state index contributed by atoms with van der Waals surface area (Å²) in [5, 5.41) is 3.67. The van der Waals surface area contributed by atoms with Crippen molar-refractivity contribution in [1.29, 1.82) is 0 Å². The predicted octanol–water partition coefficient (Wildman–Crippen LogP) is 5.20. The first-order chi connectivity index (χ1) is 12.9. The molecule has 0 aliphatic heterocycles. The number of hydrogen-bond donors (Lipinski definition) is 1. The lowest BCUT2D eigenvalue weighted by molar-refractivity contribution is -0.116. The summed E-state index contributed by atoms with van der Waals surface area (Å²) in [7, 11) is 0. The Labute approximate surface area is 177 Å². The minimum Gasteiger partial charge on any atom is -0.322 e. The molecule has 0 unspecified atom stereocenters. The third-order valence-corrected chi connectivity index (χ3v) is 7.16. The van der Waals surface area contributed by atoms with E-state index in [0.717, 1.165) is 24.8 Å². The van der Waals surface area contributed by atoms with Crippen molar-refractivity contribution in [2.45, 2.75) is 25.8 Å². The van der Waals surface area contributed by atoms with Gasteiger partial charge in [-0.2, -0.15) is 0 Å². The Morgan fingerprint density at radius 3 is 2.59 bits per heavy atom. The Balaban J connectivity index is 1.65. The van der Waals surface area contributed by atoms with Gasteiger partial charge in [0.05, 0.1) is 37.5 Å². The van der Waals surface area contributed by atoms with Crippen LogP contribution in [0.3, 0.4) is 0 Å². The number of carbonyl (C=O) groups is 1. The average molecular weight is 463 g/mol. The van der Waals surface area contributed by atoms with Crippen LogP contribution < -0.4 is 10.9 Å². The first kappa shape index (κ1) is 19.0. The zero-order valence-electron chi connectivity index (χ0n) is 13.6. The van der Waals surface area contributed by atoms with Crippen molar-refractivity contribution in [1.82, 2.24) is 9.55 Å². The van der Waals surface area contributed by atoms with Crippen molar-refractivity contribution < 1.29 is 4.79 Å². The van der Waals surface area contributed by atoms with Gasteiger partial charge in [0.1, 0.15) is 11.4 Å². The van der Waals surface area contributed by atoms with E-state index < -0.39 is 5.91 Å². The molecular formula is C17H11Cl4N3O2S. The first-order valence-electron chi connectivity index (χ1n) is 7.99. The van der Waals surface area contributed by atoms with Crippen molar-refractivity contribution in [3.05, 3.63) is 53.3 Å². The number of halogens is 4. The number of thiophene rings is 1. The predicted molar refractivity (Wildman–Crippen MR) is 111 cm³/mol. The SMILES string of the molecule is O=C(Cn1cnc2sc3c(c2c1=O)CCC3)Nc1c(Cl)c(Cl)cc(Cl)c1Cl. The second-order valence-corrected chi connectivity index (χ2v) is 8.76. The van der Waals surface area contributed by atoms with Gasteiger partial charge >= 0.3 is 0 Å². The summed E-state index contributed by atoms with van der Waals surface area (Å²) >= 11 is 25.7. The molecule has 1 aliphatic rings. The Hall–Kier alpha value is -1.31. The van der Waals surface area contributed by atoms with Crippen molar-refractivity contribution in [2.24, 2.45) is 0 Å². The van der Waals surface area contributed by atoms with Gasteiger partial charge in [0.15, 0.2) is 0 Å². The van der Waals surface area contributed by atoms with E-state index >= 15 is 0 Å². The fourth-order valence-corrected chi connectivity index (χ4v) is 5.27.